The minimum Gasteiger partial charge on any atom is -0.371 e. The van der Waals surface area contributed by atoms with Crippen LogP contribution in [0.4, 0.5) is 0 Å². The first-order chi connectivity index (χ1) is 7.99. The average Bonchev–Trinajstić information content (AvgIpc) is 2.28. The van der Waals surface area contributed by atoms with Crippen LogP contribution in [-0.2, 0) is 10.3 Å². The van der Waals surface area contributed by atoms with Crippen LogP contribution >= 0.6 is 0 Å². The number of fused-ring (bicyclic) bond motifs is 1. The standard InChI is InChI=1S/C12H13NO3S/c1-13(2)17(14,15)16-12-8-7-10-5-3-4-6-11(10)9-12/h3-9H,1-2H3. The van der Waals surface area contributed by atoms with Gasteiger partial charge in [0.1, 0.15) is 5.75 Å². The van der Waals surface area contributed by atoms with Gasteiger partial charge in [0.15, 0.2) is 0 Å². The van der Waals surface area contributed by atoms with Crippen LogP contribution in [0.2, 0.25) is 0 Å². The van der Waals surface area contributed by atoms with Crippen LogP contribution in [0.1, 0.15) is 0 Å². The molecule has 0 amide bonds. The molecule has 0 aliphatic rings. The van der Waals surface area contributed by atoms with Gasteiger partial charge in [-0.05, 0) is 22.9 Å². The van der Waals surface area contributed by atoms with Crippen LogP contribution in [0.3, 0.4) is 0 Å². The molecular weight excluding hydrogens is 238 g/mol. The molecule has 0 radical (unpaired) electrons. The van der Waals surface area contributed by atoms with Gasteiger partial charge in [0, 0.05) is 14.1 Å². The second kappa shape index (κ2) is 4.35. The number of rotatable bonds is 3. The van der Waals surface area contributed by atoms with Crippen molar-refractivity contribution in [3.8, 4) is 5.75 Å². The molecule has 0 bridgehead atoms. The molecule has 0 aliphatic heterocycles. The molecule has 0 saturated carbocycles. The number of hydrogen-bond acceptors (Lipinski definition) is 3. The maximum Gasteiger partial charge on any atom is 0.384 e. The van der Waals surface area contributed by atoms with Crippen molar-refractivity contribution in [1.29, 1.82) is 0 Å². The Morgan fingerprint density at radius 1 is 1.00 bits per heavy atom. The number of benzene rings is 2. The molecule has 0 spiro atoms. The molecule has 90 valence electrons. The summed E-state index contributed by atoms with van der Waals surface area (Å²) < 4.78 is 29.1. The van der Waals surface area contributed by atoms with Gasteiger partial charge in [0.05, 0.1) is 0 Å². The fourth-order valence-electron chi connectivity index (χ4n) is 1.42. The molecule has 0 N–H and O–H groups in total. The summed E-state index contributed by atoms with van der Waals surface area (Å²) in [6.07, 6.45) is 0. The third-order valence-corrected chi connectivity index (χ3v) is 3.67. The van der Waals surface area contributed by atoms with E-state index in [2.05, 4.69) is 0 Å². The van der Waals surface area contributed by atoms with E-state index in [0.29, 0.717) is 5.75 Å². The van der Waals surface area contributed by atoms with Gasteiger partial charge < -0.3 is 4.18 Å². The summed E-state index contributed by atoms with van der Waals surface area (Å²) in [6.45, 7) is 0. The van der Waals surface area contributed by atoms with Gasteiger partial charge in [0.2, 0.25) is 0 Å². The SMILES string of the molecule is CN(C)S(=O)(=O)Oc1ccc2ccccc2c1. The van der Waals surface area contributed by atoms with Crippen molar-refractivity contribution in [3.63, 3.8) is 0 Å². The molecule has 2 aromatic rings. The van der Waals surface area contributed by atoms with Crippen LogP contribution in [0.15, 0.2) is 42.5 Å². The Bertz CT molecular complexity index is 635. The van der Waals surface area contributed by atoms with Crippen molar-refractivity contribution in [2.24, 2.45) is 0 Å². The molecule has 0 heterocycles. The molecule has 0 fully saturated rings. The lowest BCUT2D eigenvalue weighted by Gasteiger charge is -2.12. The highest BCUT2D eigenvalue weighted by atomic mass is 32.2. The van der Waals surface area contributed by atoms with Crippen LogP contribution in [0, 0.1) is 0 Å². The minimum atomic E-state index is -3.69. The summed E-state index contributed by atoms with van der Waals surface area (Å²) in [5.74, 6) is 0.317. The maximum absolute atomic E-state index is 11.5. The lowest BCUT2D eigenvalue weighted by molar-refractivity contribution is 0.421. The second-order valence-corrected chi connectivity index (χ2v) is 5.58. The van der Waals surface area contributed by atoms with E-state index in [1.54, 1.807) is 12.1 Å². The van der Waals surface area contributed by atoms with Crippen molar-refractivity contribution >= 4 is 21.1 Å². The molecule has 2 rings (SSSR count). The molecule has 0 aromatic heterocycles. The van der Waals surface area contributed by atoms with E-state index >= 15 is 0 Å². The fraction of sp³-hybridized carbons (Fsp3) is 0.167. The fourth-order valence-corrected chi connectivity index (χ4v) is 1.91. The number of hydrogen-bond donors (Lipinski definition) is 0. The maximum atomic E-state index is 11.5. The zero-order valence-corrected chi connectivity index (χ0v) is 10.4. The molecule has 0 aliphatic carbocycles. The molecule has 0 atom stereocenters. The van der Waals surface area contributed by atoms with E-state index < -0.39 is 10.3 Å². The summed E-state index contributed by atoms with van der Waals surface area (Å²) in [7, 11) is -0.833. The van der Waals surface area contributed by atoms with Crippen LogP contribution in [-0.4, -0.2) is 26.8 Å². The van der Waals surface area contributed by atoms with Crippen LogP contribution in [0.25, 0.3) is 10.8 Å². The van der Waals surface area contributed by atoms with E-state index in [1.807, 2.05) is 30.3 Å². The highest BCUT2D eigenvalue weighted by Gasteiger charge is 2.15. The zero-order chi connectivity index (χ0) is 12.5. The molecule has 5 heteroatoms. The van der Waals surface area contributed by atoms with Crippen LogP contribution in [0.5, 0.6) is 5.75 Å². The number of nitrogens with zero attached hydrogens (tertiary/aromatic N) is 1. The van der Waals surface area contributed by atoms with Gasteiger partial charge >= 0.3 is 10.3 Å². The van der Waals surface area contributed by atoms with Crippen LogP contribution < -0.4 is 4.18 Å². The predicted octanol–water partition coefficient (Wildman–Crippen LogP) is 2.03. The third kappa shape index (κ3) is 2.57. The topological polar surface area (TPSA) is 46.6 Å². The molecule has 0 unspecified atom stereocenters. The van der Waals surface area contributed by atoms with Crippen molar-refractivity contribution in [2.75, 3.05) is 14.1 Å². The Labute approximate surface area is 101 Å². The quantitative estimate of drug-likeness (QED) is 0.838. The predicted molar refractivity (Wildman–Crippen MR) is 67.2 cm³/mol. The first-order valence-corrected chi connectivity index (χ1v) is 6.46. The molecule has 4 nitrogen and oxygen atoms in total. The molecular formula is C12H13NO3S. The normalized spacial score (nSPS) is 11.9. The summed E-state index contributed by atoms with van der Waals surface area (Å²) in [5.41, 5.74) is 0. The van der Waals surface area contributed by atoms with Crippen molar-refractivity contribution in [2.45, 2.75) is 0 Å². The Morgan fingerprint density at radius 2 is 1.65 bits per heavy atom. The third-order valence-electron chi connectivity index (χ3n) is 2.37. The minimum absolute atomic E-state index is 0.317. The van der Waals surface area contributed by atoms with E-state index in [0.717, 1.165) is 15.1 Å². The second-order valence-electron chi connectivity index (χ2n) is 3.83. The lowest BCUT2D eigenvalue weighted by atomic mass is 10.1. The molecule has 17 heavy (non-hydrogen) atoms. The Balaban J connectivity index is 2.38. The Hall–Kier alpha value is -1.59. The molecule has 2 aromatic carbocycles. The summed E-state index contributed by atoms with van der Waals surface area (Å²) >= 11 is 0. The summed E-state index contributed by atoms with van der Waals surface area (Å²) in [6, 6.07) is 12.9. The Kier molecular flexibility index (Phi) is 3.04. The van der Waals surface area contributed by atoms with Gasteiger partial charge in [-0.15, -0.1) is 0 Å². The van der Waals surface area contributed by atoms with Gasteiger partial charge in [0.25, 0.3) is 0 Å². The van der Waals surface area contributed by atoms with E-state index in [9.17, 15) is 8.42 Å². The van der Waals surface area contributed by atoms with Crippen molar-refractivity contribution < 1.29 is 12.6 Å². The van der Waals surface area contributed by atoms with E-state index in [1.165, 1.54) is 14.1 Å². The lowest BCUT2D eigenvalue weighted by Crippen LogP contribution is -2.26. The van der Waals surface area contributed by atoms with E-state index in [4.69, 9.17) is 4.18 Å². The monoisotopic (exact) mass is 251 g/mol. The van der Waals surface area contributed by atoms with Gasteiger partial charge in [-0.2, -0.15) is 12.7 Å². The van der Waals surface area contributed by atoms with E-state index in [-0.39, 0.29) is 0 Å². The van der Waals surface area contributed by atoms with Gasteiger partial charge in [-0.25, -0.2) is 0 Å². The largest absolute Gasteiger partial charge is 0.384 e. The highest BCUT2D eigenvalue weighted by Crippen LogP contribution is 2.21. The zero-order valence-electron chi connectivity index (χ0n) is 9.62. The van der Waals surface area contributed by atoms with Crippen molar-refractivity contribution in [3.05, 3.63) is 42.5 Å². The Morgan fingerprint density at radius 3 is 2.29 bits per heavy atom. The first kappa shape index (κ1) is 11.9. The summed E-state index contributed by atoms with van der Waals surface area (Å²) in [5, 5.41) is 1.99. The van der Waals surface area contributed by atoms with Gasteiger partial charge in [-0.3, -0.25) is 0 Å². The smallest absolute Gasteiger partial charge is 0.371 e. The highest BCUT2D eigenvalue weighted by molar-refractivity contribution is 7.84. The average molecular weight is 251 g/mol. The summed E-state index contributed by atoms with van der Waals surface area (Å²) in [4.78, 5) is 0. The van der Waals surface area contributed by atoms with Crippen molar-refractivity contribution in [1.82, 2.24) is 4.31 Å². The molecule has 0 saturated heterocycles. The van der Waals surface area contributed by atoms with Gasteiger partial charge in [-0.1, -0.05) is 30.3 Å². The first-order valence-electron chi connectivity index (χ1n) is 5.10.